The molecule has 4 aromatic carbocycles. The molecule has 1 atom stereocenters. The lowest BCUT2D eigenvalue weighted by Crippen LogP contribution is -2.52. The third kappa shape index (κ3) is 9.43. The molecule has 10 nitrogen and oxygen atoms in total. The molecular weight excluding hydrogens is 630 g/mol. The summed E-state index contributed by atoms with van der Waals surface area (Å²) in [7, 11) is -2.05. The fourth-order valence-corrected chi connectivity index (χ4v) is 6.85. The van der Waals surface area contributed by atoms with Crippen molar-refractivity contribution in [2.75, 3.05) is 46.6 Å². The summed E-state index contributed by atoms with van der Waals surface area (Å²) in [6, 6.07) is 32.0. The minimum atomic E-state index is -3.66. The van der Waals surface area contributed by atoms with Crippen molar-refractivity contribution in [1.82, 2.24) is 14.5 Å². The minimum absolute atomic E-state index is 0.142. The zero-order valence-corrected chi connectivity index (χ0v) is 27.8. The van der Waals surface area contributed by atoms with Crippen molar-refractivity contribution >= 4 is 21.8 Å². The number of carbonyl (C=O) groups is 2. The van der Waals surface area contributed by atoms with Gasteiger partial charge in [0, 0.05) is 32.6 Å². The van der Waals surface area contributed by atoms with E-state index < -0.39 is 16.1 Å². The summed E-state index contributed by atoms with van der Waals surface area (Å²) in [5.74, 6) is 0.453. The lowest BCUT2D eigenvalue weighted by atomic mass is 10.0. The Bertz CT molecular complexity index is 1710. The van der Waals surface area contributed by atoms with Crippen LogP contribution in [-0.2, 0) is 43.7 Å². The maximum Gasteiger partial charge on any atom is 0.261 e. The molecule has 11 heteroatoms. The van der Waals surface area contributed by atoms with E-state index >= 15 is 0 Å². The van der Waals surface area contributed by atoms with Crippen LogP contribution in [0.15, 0.2) is 114 Å². The lowest BCUT2D eigenvalue weighted by Gasteiger charge is -2.31. The summed E-state index contributed by atoms with van der Waals surface area (Å²) in [5.41, 5.74) is 2.83. The van der Waals surface area contributed by atoms with Gasteiger partial charge in [0.25, 0.3) is 5.91 Å². The van der Waals surface area contributed by atoms with Gasteiger partial charge in [0.2, 0.25) is 15.9 Å². The van der Waals surface area contributed by atoms with Crippen molar-refractivity contribution < 1.29 is 32.2 Å². The average molecular weight is 672 g/mol. The number of methoxy groups -OCH3 is 1. The summed E-state index contributed by atoms with van der Waals surface area (Å²) in [6.45, 7) is 1.55. The van der Waals surface area contributed by atoms with Crippen LogP contribution >= 0.6 is 0 Å². The number of nitrogens with one attached hydrogen (secondary N) is 1. The Kier molecular flexibility index (Phi) is 12.2. The number of carbonyl (C=O) groups excluding carboxylic acids is 2. The van der Waals surface area contributed by atoms with Gasteiger partial charge in [0.1, 0.15) is 17.5 Å². The third-order valence-electron chi connectivity index (χ3n) is 8.13. The molecule has 0 aliphatic carbocycles. The summed E-state index contributed by atoms with van der Waals surface area (Å²) < 4.78 is 43.8. The second kappa shape index (κ2) is 16.9. The predicted octanol–water partition coefficient (Wildman–Crippen LogP) is 4.09. The average Bonchev–Trinajstić information content (AvgIpc) is 3.13. The van der Waals surface area contributed by atoms with Crippen LogP contribution in [-0.4, -0.2) is 82.0 Å². The van der Waals surface area contributed by atoms with Gasteiger partial charge >= 0.3 is 0 Å². The van der Waals surface area contributed by atoms with Gasteiger partial charge in [-0.1, -0.05) is 72.8 Å². The first-order valence-electron chi connectivity index (χ1n) is 15.9. The smallest absolute Gasteiger partial charge is 0.261 e. The number of hydrogen-bond acceptors (Lipinski definition) is 7. The Labute approximate surface area is 282 Å². The molecule has 1 saturated heterocycles. The van der Waals surface area contributed by atoms with E-state index in [0.29, 0.717) is 51.4 Å². The zero-order valence-electron chi connectivity index (χ0n) is 27.0. The highest BCUT2D eigenvalue weighted by Gasteiger charge is 2.31. The summed E-state index contributed by atoms with van der Waals surface area (Å²) in [6.07, 6.45) is 0.919. The van der Waals surface area contributed by atoms with Crippen molar-refractivity contribution in [3.8, 4) is 11.5 Å². The van der Waals surface area contributed by atoms with E-state index in [1.54, 1.807) is 12.0 Å². The second-order valence-electron chi connectivity index (χ2n) is 11.4. The summed E-state index contributed by atoms with van der Waals surface area (Å²) >= 11 is 0. The van der Waals surface area contributed by atoms with Crippen LogP contribution in [0.5, 0.6) is 11.5 Å². The first kappa shape index (κ1) is 34.6. The molecule has 0 unspecified atom stereocenters. The van der Waals surface area contributed by atoms with Crippen molar-refractivity contribution in [3.63, 3.8) is 0 Å². The molecule has 0 aromatic heterocycles. The van der Waals surface area contributed by atoms with E-state index in [2.05, 4.69) is 5.32 Å². The molecule has 1 aliphatic rings. The van der Waals surface area contributed by atoms with E-state index in [1.165, 1.54) is 28.6 Å². The fourth-order valence-electron chi connectivity index (χ4n) is 5.45. The van der Waals surface area contributed by atoms with E-state index in [1.807, 2.05) is 84.9 Å². The van der Waals surface area contributed by atoms with Gasteiger partial charge in [-0.2, -0.15) is 4.31 Å². The number of rotatable bonds is 15. The van der Waals surface area contributed by atoms with E-state index in [0.717, 1.165) is 22.4 Å². The maximum atomic E-state index is 13.9. The zero-order chi connectivity index (χ0) is 33.8. The SMILES string of the molecule is COc1ccc(CCNC(=O)[C@@H](Cc2ccccc2)N(Cc2ccccc2)C(=O)COc2ccc(S(=O)(=O)N3CCOCC3)cc2)cc1. The van der Waals surface area contributed by atoms with Crippen LogP contribution in [0.25, 0.3) is 0 Å². The molecule has 48 heavy (non-hydrogen) atoms. The fraction of sp³-hybridized carbons (Fsp3) is 0.297. The standard InChI is InChI=1S/C37H41N3O7S/c1-45-32-14-12-29(13-15-32)20-21-38-37(42)35(26-30-8-4-2-5-9-30)40(27-31-10-6-3-7-11-31)36(41)28-47-33-16-18-34(19-17-33)48(43,44)39-22-24-46-25-23-39/h2-19,35H,20-28H2,1H3,(H,38,42)/t35-/m1/s1. The monoisotopic (exact) mass is 671 g/mol. The quantitative estimate of drug-likeness (QED) is 0.203. The molecular formula is C37H41N3O7S. The Morgan fingerprint density at radius 3 is 2.04 bits per heavy atom. The Hall–Kier alpha value is -4.71. The van der Waals surface area contributed by atoms with Gasteiger partial charge in [-0.3, -0.25) is 9.59 Å². The Balaban J connectivity index is 1.31. The van der Waals surface area contributed by atoms with Crippen LogP contribution in [0.4, 0.5) is 0 Å². The number of benzene rings is 4. The van der Waals surface area contributed by atoms with Crippen molar-refractivity contribution in [3.05, 3.63) is 126 Å². The molecule has 0 bridgehead atoms. The van der Waals surface area contributed by atoms with Crippen LogP contribution in [0, 0.1) is 0 Å². The molecule has 2 amide bonds. The van der Waals surface area contributed by atoms with Gasteiger partial charge < -0.3 is 24.4 Å². The Morgan fingerprint density at radius 1 is 0.812 bits per heavy atom. The highest BCUT2D eigenvalue weighted by molar-refractivity contribution is 7.89. The van der Waals surface area contributed by atoms with Crippen LogP contribution in [0.2, 0.25) is 0 Å². The molecule has 1 aliphatic heterocycles. The topological polar surface area (TPSA) is 114 Å². The Morgan fingerprint density at radius 2 is 1.42 bits per heavy atom. The maximum absolute atomic E-state index is 13.9. The lowest BCUT2D eigenvalue weighted by molar-refractivity contribution is -0.142. The molecule has 0 radical (unpaired) electrons. The van der Waals surface area contributed by atoms with E-state index in [4.69, 9.17) is 14.2 Å². The van der Waals surface area contributed by atoms with Crippen molar-refractivity contribution in [2.24, 2.45) is 0 Å². The highest BCUT2D eigenvalue weighted by Crippen LogP contribution is 2.21. The second-order valence-corrected chi connectivity index (χ2v) is 13.3. The van der Waals surface area contributed by atoms with E-state index in [9.17, 15) is 18.0 Å². The molecule has 5 rings (SSSR count). The number of morpholine rings is 1. The number of ether oxygens (including phenoxy) is 3. The first-order chi connectivity index (χ1) is 23.3. The van der Waals surface area contributed by atoms with Crippen LogP contribution < -0.4 is 14.8 Å². The number of nitrogens with zero attached hydrogens (tertiary/aromatic N) is 2. The highest BCUT2D eigenvalue weighted by atomic mass is 32.2. The van der Waals surface area contributed by atoms with Crippen LogP contribution in [0.3, 0.4) is 0 Å². The summed E-state index contributed by atoms with van der Waals surface area (Å²) in [4.78, 5) is 29.5. The summed E-state index contributed by atoms with van der Waals surface area (Å²) in [5, 5.41) is 3.05. The third-order valence-corrected chi connectivity index (χ3v) is 10.0. The van der Waals surface area contributed by atoms with E-state index in [-0.39, 0.29) is 29.9 Å². The molecule has 252 valence electrons. The normalized spacial score (nSPS) is 14.1. The van der Waals surface area contributed by atoms with Crippen LogP contribution in [0.1, 0.15) is 16.7 Å². The number of hydrogen-bond donors (Lipinski definition) is 1. The van der Waals surface area contributed by atoms with Gasteiger partial charge in [0.15, 0.2) is 6.61 Å². The predicted molar refractivity (Wildman–Crippen MR) is 182 cm³/mol. The molecule has 0 saturated carbocycles. The molecule has 4 aromatic rings. The molecule has 1 fully saturated rings. The van der Waals surface area contributed by atoms with Gasteiger partial charge in [-0.05, 0) is 59.5 Å². The van der Waals surface area contributed by atoms with Gasteiger partial charge in [-0.25, -0.2) is 8.42 Å². The van der Waals surface area contributed by atoms with Crippen molar-refractivity contribution in [1.29, 1.82) is 0 Å². The van der Waals surface area contributed by atoms with Gasteiger partial charge in [-0.15, -0.1) is 0 Å². The van der Waals surface area contributed by atoms with Crippen molar-refractivity contribution in [2.45, 2.75) is 30.3 Å². The largest absolute Gasteiger partial charge is 0.497 e. The minimum Gasteiger partial charge on any atom is -0.497 e. The first-order valence-corrected chi connectivity index (χ1v) is 17.4. The molecule has 0 spiro atoms. The number of sulfonamides is 1. The molecule has 1 heterocycles. The molecule has 1 N–H and O–H groups in total. The number of amides is 2. The van der Waals surface area contributed by atoms with Gasteiger partial charge in [0.05, 0.1) is 25.2 Å².